The lowest BCUT2D eigenvalue weighted by atomic mass is 10.4. The van der Waals surface area contributed by atoms with Gasteiger partial charge in [0.1, 0.15) is 4.88 Å². The second kappa shape index (κ2) is 4.97. The number of carbonyl (C=O) groups excluding carboxylic acids is 1. The molecule has 2 N–H and O–H groups in total. The van der Waals surface area contributed by atoms with Crippen LogP contribution in [0, 0.1) is 6.92 Å². The van der Waals surface area contributed by atoms with Crippen molar-refractivity contribution < 1.29 is 14.3 Å². The lowest BCUT2D eigenvalue weighted by molar-refractivity contribution is -0.0270. The Balaban J connectivity index is 2.52. The standard InChI is InChI=1S/C9H13NO3S/c1-3-12-5-13-9(11)8-4-7(10)6(2)14-8/h4H,3,5,10H2,1-2H3. The van der Waals surface area contributed by atoms with Gasteiger partial charge in [0.25, 0.3) is 0 Å². The highest BCUT2D eigenvalue weighted by Gasteiger charge is 2.11. The quantitative estimate of drug-likeness (QED) is 0.472. The molecular weight excluding hydrogens is 202 g/mol. The van der Waals surface area contributed by atoms with Crippen LogP contribution in [-0.2, 0) is 9.47 Å². The zero-order valence-corrected chi connectivity index (χ0v) is 9.02. The van der Waals surface area contributed by atoms with E-state index in [4.69, 9.17) is 15.2 Å². The molecule has 0 aliphatic rings. The van der Waals surface area contributed by atoms with E-state index in [0.717, 1.165) is 4.88 Å². The van der Waals surface area contributed by atoms with Gasteiger partial charge in [-0.25, -0.2) is 4.79 Å². The van der Waals surface area contributed by atoms with E-state index in [1.54, 1.807) is 6.07 Å². The molecule has 0 aromatic carbocycles. The fourth-order valence-electron chi connectivity index (χ4n) is 0.846. The zero-order valence-electron chi connectivity index (χ0n) is 8.20. The van der Waals surface area contributed by atoms with Gasteiger partial charge in [0.2, 0.25) is 0 Å². The van der Waals surface area contributed by atoms with Gasteiger partial charge in [-0.1, -0.05) is 0 Å². The largest absolute Gasteiger partial charge is 0.434 e. The van der Waals surface area contributed by atoms with Gasteiger partial charge in [-0.15, -0.1) is 11.3 Å². The number of carbonyl (C=O) groups is 1. The first-order chi connectivity index (χ1) is 6.65. The number of thiophene rings is 1. The molecule has 0 amide bonds. The van der Waals surface area contributed by atoms with E-state index in [1.807, 2.05) is 13.8 Å². The highest BCUT2D eigenvalue weighted by Crippen LogP contribution is 2.23. The molecule has 0 fully saturated rings. The molecule has 1 aromatic rings. The van der Waals surface area contributed by atoms with E-state index < -0.39 is 0 Å². The number of nitrogens with two attached hydrogens (primary N) is 1. The third-order valence-electron chi connectivity index (χ3n) is 1.63. The number of nitrogen functional groups attached to an aromatic ring is 1. The van der Waals surface area contributed by atoms with E-state index in [1.165, 1.54) is 11.3 Å². The molecule has 5 heteroatoms. The molecule has 1 aromatic heterocycles. The third kappa shape index (κ3) is 2.71. The molecule has 0 aliphatic carbocycles. The summed E-state index contributed by atoms with van der Waals surface area (Å²) >= 11 is 1.33. The molecule has 0 saturated carbocycles. The summed E-state index contributed by atoms with van der Waals surface area (Å²) in [7, 11) is 0. The second-order valence-electron chi connectivity index (χ2n) is 2.66. The van der Waals surface area contributed by atoms with E-state index >= 15 is 0 Å². The minimum absolute atomic E-state index is 0.00775. The van der Waals surface area contributed by atoms with Crippen LogP contribution in [0.5, 0.6) is 0 Å². The lowest BCUT2D eigenvalue weighted by Crippen LogP contribution is -2.07. The minimum atomic E-state index is -0.386. The molecule has 0 saturated heterocycles. The van der Waals surface area contributed by atoms with Gasteiger partial charge in [-0.2, -0.15) is 0 Å². The number of hydrogen-bond acceptors (Lipinski definition) is 5. The highest BCUT2D eigenvalue weighted by atomic mass is 32.1. The lowest BCUT2D eigenvalue weighted by Gasteiger charge is -2.01. The molecule has 0 unspecified atom stereocenters. The van der Waals surface area contributed by atoms with Crippen LogP contribution in [0.1, 0.15) is 21.5 Å². The Morgan fingerprint density at radius 2 is 2.36 bits per heavy atom. The maximum atomic E-state index is 11.3. The summed E-state index contributed by atoms with van der Waals surface area (Å²) in [4.78, 5) is 12.8. The monoisotopic (exact) mass is 215 g/mol. The smallest absolute Gasteiger partial charge is 0.350 e. The van der Waals surface area contributed by atoms with Crippen molar-refractivity contribution in [3.05, 3.63) is 15.8 Å². The van der Waals surface area contributed by atoms with Gasteiger partial charge in [0.15, 0.2) is 6.79 Å². The van der Waals surface area contributed by atoms with Crippen molar-refractivity contribution in [1.29, 1.82) is 0 Å². The maximum Gasteiger partial charge on any atom is 0.350 e. The van der Waals surface area contributed by atoms with Crippen LogP contribution in [0.4, 0.5) is 5.69 Å². The Labute approximate surface area is 86.6 Å². The van der Waals surface area contributed by atoms with Gasteiger partial charge in [-0.05, 0) is 19.9 Å². The molecule has 0 atom stereocenters. The molecule has 0 radical (unpaired) electrons. The van der Waals surface area contributed by atoms with Crippen LogP contribution in [0.2, 0.25) is 0 Å². The third-order valence-corrected chi connectivity index (χ3v) is 2.68. The predicted molar refractivity (Wildman–Crippen MR) is 55.4 cm³/mol. The summed E-state index contributed by atoms with van der Waals surface area (Å²) < 4.78 is 9.72. The number of ether oxygens (including phenoxy) is 2. The molecule has 0 spiro atoms. The van der Waals surface area contributed by atoms with Gasteiger partial charge in [0, 0.05) is 17.2 Å². The molecule has 14 heavy (non-hydrogen) atoms. The summed E-state index contributed by atoms with van der Waals surface area (Å²) in [5.74, 6) is -0.386. The van der Waals surface area contributed by atoms with Gasteiger partial charge >= 0.3 is 5.97 Å². The molecular formula is C9H13NO3S. The molecule has 0 bridgehead atoms. The van der Waals surface area contributed by atoms with E-state index in [0.29, 0.717) is 17.2 Å². The van der Waals surface area contributed by atoms with Gasteiger partial charge in [-0.3, -0.25) is 0 Å². The maximum absolute atomic E-state index is 11.3. The average molecular weight is 215 g/mol. The fourth-order valence-corrected chi connectivity index (χ4v) is 1.68. The molecule has 4 nitrogen and oxygen atoms in total. The molecule has 1 heterocycles. The van der Waals surface area contributed by atoms with Crippen molar-refractivity contribution in [2.24, 2.45) is 0 Å². The summed E-state index contributed by atoms with van der Waals surface area (Å²) in [5.41, 5.74) is 6.23. The van der Waals surface area contributed by atoms with Crippen molar-refractivity contribution in [2.45, 2.75) is 13.8 Å². The van der Waals surface area contributed by atoms with Crippen molar-refractivity contribution in [1.82, 2.24) is 0 Å². The fraction of sp³-hybridized carbons (Fsp3) is 0.444. The SMILES string of the molecule is CCOCOC(=O)c1cc(N)c(C)s1. The van der Waals surface area contributed by atoms with E-state index in [9.17, 15) is 4.79 Å². The number of hydrogen-bond donors (Lipinski definition) is 1. The topological polar surface area (TPSA) is 61.5 Å². The van der Waals surface area contributed by atoms with Crippen LogP contribution >= 0.6 is 11.3 Å². The van der Waals surface area contributed by atoms with Crippen LogP contribution < -0.4 is 5.73 Å². The summed E-state index contributed by atoms with van der Waals surface area (Å²) in [6, 6.07) is 1.62. The molecule has 78 valence electrons. The minimum Gasteiger partial charge on any atom is -0.434 e. The Bertz CT molecular complexity index is 302. The Morgan fingerprint density at radius 3 is 2.86 bits per heavy atom. The average Bonchev–Trinajstić information content (AvgIpc) is 2.47. The van der Waals surface area contributed by atoms with Crippen LogP contribution in [0.15, 0.2) is 6.07 Å². The first-order valence-corrected chi connectivity index (χ1v) is 5.07. The molecule has 0 aliphatic heterocycles. The predicted octanol–water partition coefficient (Wildman–Crippen LogP) is 1.79. The van der Waals surface area contributed by atoms with Crippen molar-refractivity contribution in [2.75, 3.05) is 19.1 Å². The summed E-state index contributed by atoms with van der Waals surface area (Å²) in [5, 5.41) is 0. The Hall–Kier alpha value is -1.07. The zero-order chi connectivity index (χ0) is 10.6. The highest BCUT2D eigenvalue weighted by molar-refractivity contribution is 7.14. The number of esters is 1. The van der Waals surface area contributed by atoms with Crippen LogP contribution in [-0.4, -0.2) is 19.4 Å². The Morgan fingerprint density at radius 1 is 1.64 bits per heavy atom. The first-order valence-electron chi connectivity index (χ1n) is 4.26. The van der Waals surface area contributed by atoms with E-state index in [2.05, 4.69) is 0 Å². The normalized spacial score (nSPS) is 10.1. The number of rotatable bonds is 4. The second-order valence-corrected chi connectivity index (χ2v) is 3.92. The van der Waals surface area contributed by atoms with Crippen molar-refractivity contribution in [3.8, 4) is 0 Å². The van der Waals surface area contributed by atoms with E-state index in [-0.39, 0.29) is 12.8 Å². The number of aryl methyl sites for hydroxylation is 1. The summed E-state index contributed by atoms with van der Waals surface area (Å²) in [6.45, 7) is 4.21. The van der Waals surface area contributed by atoms with Crippen LogP contribution in [0.3, 0.4) is 0 Å². The van der Waals surface area contributed by atoms with Crippen LogP contribution in [0.25, 0.3) is 0 Å². The molecule has 1 rings (SSSR count). The first kappa shape index (κ1) is 11.0. The summed E-state index contributed by atoms with van der Waals surface area (Å²) in [6.07, 6.45) is 0. The van der Waals surface area contributed by atoms with Gasteiger partial charge in [0.05, 0.1) is 0 Å². The van der Waals surface area contributed by atoms with Crippen molar-refractivity contribution in [3.63, 3.8) is 0 Å². The van der Waals surface area contributed by atoms with Crippen molar-refractivity contribution >= 4 is 23.0 Å². The van der Waals surface area contributed by atoms with Gasteiger partial charge < -0.3 is 15.2 Å². The Kier molecular flexibility index (Phi) is 3.91. The number of anilines is 1.